The van der Waals surface area contributed by atoms with Gasteiger partial charge in [-0.3, -0.25) is 9.59 Å². The molecule has 6 nitrogen and oxygen atoms in total. The fraction of sp³-hybridized carbons (Fsp3) is 0.900. The lowest BCUT2D eigenvalue weighted by molar-refractivity contribution is -0.134. The van der Waals surface area contributed by atoms with Gasteiger partial charge in [0.05, 0.1) is 13.0 Å². The number of rotatable bonds is 9. The van der Waals surface area contributed by atoms with E-state index in [0.29, 0.717) is 31.3 Å². The number of nitrogens with one attached hydrogen (secondary N) is 1. The summed E-state index contributed by atoms with van der Waals surface area (Å²) in [5, 5.41) is 3.42. The number of carbonyl (C=O) groups excluding carboxylic acids is 2. The van der Waals surface area contributed by atoms with Crippen LogP contribution in [-0.4, -0.2) is 74.6 Å². The molecule has 2 atom stereocenters. The molecule has 2 aliphatic rings. The van der Waals surface area contributed by atoms with Gasteiger partial charge in [-0.15, -0.1) is 0 Å². The first-order valence-electron chi connectivity index (χ1n) is 10.4. The van der Waals surface area contributed by atoms with Crippen molar-refractivity contribution in [3.63, 3.8) is 0 Å². The first-order valence-corrected chi connectivity index (χ1v) is 10.4. The lowest BCUT2D eigenvalue weighted by Gasteiger charge is -2.33. The van der Waals surface area contributed by atoms with Crippen molar-refractivity contribution in [2.24, 2.45) is 11.8 Å². The van der Waals surface area contributed by atoms with Crippen LogP contribution in [0.25, 0.3) is 0 Å². The highest BCUT2D eigenvalue weighted by atomic mass is 16.5. The summed E-state index contributed by atoms with van der Waals surface area (Å²) in [5.74, 6) is 1.71. The minimum atomic E-state index is 0.214. The third-order valence-electron chi connectivity index (χ3n) is 5.65. The second-order valence-electron chi connectivity index (χ2n) is 7.97. The van der Waals surface area contributed by atoms with E-state index in [0.717, 1.165) is 58.5 Å². The molecule has 150 valence electrons. The molecule has 1 N–H and O–H groups in total. The summed E-state index contributed by atoms with van der Waals surface area (Å²) >= 11 is 0. The van der Waals surface area contributed by atoms with Gasteiger partial charge in [-0.1, -0.05) is 6.92 Å². The number of amides is 2. The normalized spacial score (nSPS) is 23.9. The molecule has 2 saturated heterocycles. The molecule has 0 aromatic heterocycles. The maximum Gasteiger partial charge on any atom is 0.224 e. The maximum absolute atomic E-state index is 12.2. The van der Waals surface area contributed by atoms with Crippen LogP contribution in [0.3, 0.4) is 0 Å². The maximum atomic E-state index is 12.2. The van der Waals surface area contributed by atoms with Crippen LogP contribution in [-0.2, 0) is 14.3 Å². The monoisotopic (exact) mass is 367 g/mol. The standard InChI is InChI=1S/C20H37N3O3/c1-17-5-3-12-22(15-17)19(24)8-11-21-10-7-18-6-4-13-23(16-18)20(25)9-14-26-2/h17-18,21H,3-16H2,1-2H3. The molecule has 0 radical (unpaired) electrons. The lowest BCUT2D eigenvalue weighted by Crippen LogP contribution is -2.41. The molecule has 0 aliphatic carbocycles. The molecule has 2 unspecified atom stereocenters. The zero-order valence-corrected chi connectivity index (χ0v) is 16.7. The highest BCUT2D eigenvalue weighted by Gasteiger charge is 2.23. The number of hydrogen-bond acceptors (Lipinski definition) is 4. The van der Waals surface area contributed by atoms with E-state index in [-0.39, 0.29) is 11.8 Å². The number of likely N-dealkylation sites (tertiary alicyclic amines) is 2. The van der Waals surface area contributed by atoms with Gasteiger partial charge < -0.3 is 19.9 Å². The van der Waals surface area contributed by atoms with Crippen LogP contribution in [0.4, 0.5) is 0 Å². The molecule has 2 aliphatic heterocycles. The summed E-state index contributed by atoms with van der Waals surface area (Å²) in [7, 11) is 1.63. The van der Waals surface area contributed by atoms with Crippen molar-refractivity contribution in [1.29, 1.82) is 0 Å². The van der Waals surface area contributed by atoms with Crippen molar-refractivity contribution in [2.45, 2.75) is 51.9 Å². The van der Waals surface area contributed by atoms with Crippen LogP contribution in [0, 0.1) is 11.8 Å². The molecule has 2 amide bonds. The first kappa shape index (κ1) is 21.2. The average Bonchev–Trinajstić information content (AvgIpc) is 2.66. The Hall–Kier alpha value is -1.14. The van der Waals surface area contributed by atoms with E-state index in [1.165, 1.54) is 12.8 Å². The molecule has 6 heteroatoms. The van der Waals surface area contributed by atoms with Crippen molar-refractivity contribution >= 4 is 11.8 Å². The van der Waals surface area contributed by atoms with Crippen LogP contribution in [0.5, 0.6) is 0 Å². The molecule has 0 aromatic carbocycles. The predicted molar refractivity (Wildman–Crippen MR) is 103 cm³/mol. The van der Waals surface area contributed by atoms with E-state index >= 15 is 0 Å². The Labute approximate surface area is 158 Å². The summed E-state index contributed by atoms with van der Waals surface area (Å²) in [6.07, 6.45) is 6.83. The minimum absolute atomic E-state index is 0.214. The van der Waals surface area contributed by atoms with Crippen molar-refractivity contribution in [3.8, 4) is 0 Å². The number of nitrogens with zero attached hydrogens (tertiary/aromatic N) is 2. The third-order valence-corrected chi connectivity index (χ3v) is 5.65. The van der Waals surface area contributed by atoms with E-state index in [4.69, 9.17) is 4.74 Å². The van der Waals surface area contributed by atoms with Gasteiger partial charge in [0.15, 0.2) is 0 Å². The third kappa shape index (κ3) is 7.23. The summed E-state index contributed by atoms with van der Waals surface area (Å²) in [4.78, 5) is 28.4. The zero-order chi connectivity index (χ0) is 18.8. The van der Waals surface area contributed by atoms with Gasteiger partial charge >= 0.3 is 0 Å². The van der Waals surface area contributed by atoms with Gasteiger partial charge in [0.25, 0.3) is 0 Å². The quantitative estimate of drug-likeness (QED) is 0.632. The van der Waals surface area contributed by atoms with Gasteiger partial charge in [-0.05, 0) is 50.5 Å². The Kier molecular flexibility index (Phi) is 9.40. The lowest BCUT2D eigenvalue weighted by atomic mass is 9.94. The number of hydrogen-bond donors (Lipinski definition) is 1. The van der Waals surface area contributed by atoms with Gasteiger partial charge in [-0.25, -0.2) is 0 Å². The molecule has 2 rings (SSSR count). The Morgan fingerprint density at radius 2 is 1.69 bits per heavy atom. The molecule has 0 spiro atoms. The molecular weight excluding hydrogens is 330 g/mol. The molecule has 2 heterocycles. The summed E-state index contributed by atoms with van der Waals surface area (Å²) in [6, 6.07) is 0. The smallest absolute Gasteiger partial charge is 0.224 e. The number of piperidine rings is 2. The zero-order valence-electron chi connectivity index (χ0n) is 16.7. The van der Waals surface area contributed by atoms with E-state index in [1.54, 1.807) is 7.11 Å². The second-order valence-corrected chi connectivity index (χ2v) is 7.97. The Balaban J connectivity index is 1.56. The van der Waals surface area contributed by atoms with Crippen LogP contribution in [0.2, 0.25) is 0 Å². The van der Waals surface area contributed by atoms with Gasteiger partial charge in [0.2, 0.25) is 11.8 Å². The highest BCUT2D eigenvalue weighted by molar-refractivity contribution is 5.76. The largest absolute Gasteiger partial charge is 0.384 e. The van der Waals surface area contributed by atoms with Gasteiger partial charge in [0.1, 0.15) is 0 Å². The summed E-state index contributed by atoms with van der Waals surface area (Å²) in [5.41, 5.74) is 0. The van der Waals surface area contributed by atoms with Crippen molar-refractivity contribution in [2.75, 3.05) is 53.0 Å². The van der Waals surface area contributed by atoms with Gasteiger partial charge in [-0.2, -0.15) is 0 Å². The minimum Gasteiger partial charge on any atom is -0.384 e. The van der Waals surface area contributed by atoms with E-state index in [9.17, 15) is 9.59 Å². The molecule has 0 bridgehead atoms. The van der Waals surface area contributed by atoms with E-state index < -0.39 is 0 Å². The van der Waals surface area contributed by atoms with Gasteiger partial charge in [0, 0.05) is 46.3 Å². The molecule has 26 heavy (non-hydrogen) atoms. The Bertz CT molecular complexity index is 444. The first-order chi connectivity index (χ1) is 12.6. The highest BCUT2D eigenvalue weighted by Crippen LogP contribution is 2.20. The summed E-state index contributed by atoms with van der Waals surface area (Å²) < 4.78 is 5.00. The topological polar surface area (TPSA) is 61.9 Å². The fourth-order valence-electron chi connectivity index (χ4n) is 4.08. The van der Waals surface area contributed by atoms with E-state index in [2.05, 4.69) is 12.2 Å². The molecule has 0 saturated carbocycles. The van der Waals surface area contributed by atoms with Crippen LogP contribution < -0.4 is 5.32 Å². The average molecular weight is 368 g/mol. The Morgan fingerprint density at radius 3 is 2.42 bits per heavy atom. The molecule has 2 fully saturated rings. The number of ether oxygens (including phenoxy) is 1. The number of carbonyl (C=O) groups is 2. The van der Waals surface area contributed by atoms with Crippen LogP contribution in [0.15, 0.2) is 0 Å². The molecule has 0 aromatic rings. The second kappa shape index (κ2) is 11.5. The van der Waals surface area contributed by atoms with Crippen molar-refractivity contribution in [3.05, 3.63) is 0 Å². The van der Waals surface area contributed by atoms with Crippen molar-refractivity contribution < 1.29 is 14.3 Å². The summed E-state index contributed by atoms with van der Waals surface area (Å²) in [6.45, 7) is 8.02. The SMILES string of the molecule is COCCC(=O)N1CCCC(CCNCCC(=O)N2CCCC(C)C2)C1. The van der Waals surface area contributed by atoms with Crippen LogP contribution in [0.1, 0.15) is 51.9 Å². The molecular formula is C20H37N3O3. The predicted octanol–water partition coefficient (Wildman–Crippen LogP) is 1.89. The Morgan fingerprint density at radius 1 is 1.00 bits per heavy atom. The fourth-order valence-corrected chi connectivity index (χ4v) is 4.08. The van der Waals surface area contributed by atoms with Crippen molar-refractivity contribution in [1.82, 2.24) is 15.1 Å². The van der Waals surface area contributed by atoms with Crippen LogP contribution >= 0.6 is 0 Å². The van der Waals surface area contributed by atoms with E-state index in [1.807, 2.05) is 9.80 Å². The number of methoxy groups -OCH3 is 1.